The fourth-order valence-electron chi connectivity index (χ4n) is 1.64. The molecule has 1 unspecified atom stereocenters. The van der Waals surface area contributed by atoms with Crippen LogP contribution in [0.5, 0.6) is 0 Å². The smallest absolute Gasteiger partial charge is 0.0373 e. The van der Waals surface area contributed by atoms with Crippen LogP contribution in [0.1, 0.15) is 24.2 Å². The topological polar surface area (TPSA) is 38.9 Å². The van der Waals surface area contributed by atoms with E-state index in [0.717, 1.165) is 16.8 Å². The van der Waals surface area contributed by atoms with Crippen molar-refractivity contribution in [2.75, 3.05) is 0 Å². The van der Waals surface area contributed by atoms with E-state index in [1.807, 2.05) is 32.2 Å². The van der Waals surface area contributed by atoms with Crippen LogP contribution >= 0.6 is 0 Å². The van der Waals surface area contributed by atoms with E-state index in [1.165, 1.54) is 5.56 Å². The zero-order valence-electron chi connectivity index (χ0n) is 9.64. The standard InChI is InChI=1S/C14H16N2/c1-10-6-7-14(9-16-10)13-5-3-4-12(8-13)11(2)15/h3-9,11H,15H2,1-2H3. The molecule has 0 aliphatic heterocycles. The van der Waals surface area contributed by atoms with Crippen LogP contribution in [0.3, 0.4) is 0 Å². The molecule has 0 saturated carbocycles. The minimum Gasteiger partial charge on any atom is -0.324 e. The predicted octanol–water partition coefficient (Wildman–Crippen LogP) is 3.08. The van der Waals surface area contributed by atoms with Crippen LogP contribution in [0, 0.1) is 6.92 Å². The molecule has 2 rings (SSSR count). The quantitative estimate of drug-likeness (QED) is 0.830. The molecule has 1 heterocycles. The third kappa shape index (κ3) is 2.28. The van der Waals surface area contributed by atoms with Crippen LogP contribution in [-0.2, 0) is 0 Å². The van der Waals surface area contributed by atoms with Crippen molar-refractivity contribution in [1.29, 1.82) is 0 Å². The zero-order valence-corrected chi connectivity index (χ0v) is 9.64. The van der Waals surface area contributed by atoms with Crippen molar-refractivity contribution in [3.8, 4) is 11.1 Å². The van der Waals surface area contributed by atoms with Gasteiger partial charge in [0.1, 0.15) is 0 Å². The van der Waals surface area contributed by atoms with Gasteiger partial charge in [0.05, 0.1) is 0 Å². The van der Waals surface area contributed by atoms with E-state index in [0.29, 0.717) is 0 Å². The Balaban J connectivity index is 2.40. The Bertz CT molecular complexity index is 472. The lowest BCUT2D eigenvalue weighted by molar-refractivity contribution is 0.818. The first-order valence-corrected chi connectivity index (χ1v) is 5.45. The van der Waals surface area contributed by atoms with E-state index in [-0.39, 0.29) is 6.04 Å². The molecule has 0 radical (unpaired) electrons. The van der Waals surface area contributed by atoms with Crippen LogP contribution < -0.4 is 5.73 Å². The summed E-state index contributed by atoms with van der Waals surface area (Å²) in [7, 11) is 0. The van der Waals surface area contributed by atoms with E-state index in [9.17, 15) is 0 Å². The third-order valence-corrected chi connectivity index (χ3v) is 2.66. The molecule has 2 nitrogen and oxygen atoms in total. The van der Waals surface area contributed by atoms with Crippen molar-refractivity contribution in [3.05, 3.63) is 53.9 Å². The molecule has 0 aliphatic carbocycles. The summed E-state index contributed by atoms with van der Waals surface area (Å²) in [5.74, 6) is 0. The molecular weight excluding hydrogens is 196 g/mol. The van der Waals surface area contributed by atoms with Gasteiger partial charge in [-0.15, -0.1) is 0 Å². The van der Waals surface area contributed by atoms with Crippen molar-refractivity contribution >= 4 is 0 Å². The molecule has 0 aliphatic rings. The van der Waals surface area contributed by atoms with Gasteiger partial charge < -0.3 is 5.73 Å². The Labute approximate surface area is 96.1 Å². The molecule has 0 saturated heterocycles. The first-order valence-electron chi connectivity index (χ1n) is 5.45. The summed E-state index contributed by atoms with van der Waals surface area (Å²) in [5, 5.41) is 0. The molecule has 82 valence electrons. The highest BCUT2D eigenvalue weighted by Gasteiger charge is 2.02. The summed E-state index contributed by atoms with van der Waals surface area (Å²) in [5.41, 5.74) is 10.4. The van der Waals surface area contributed by atoms with Gasteiger partial charge in [0.25, 0.3) is 0 Å². The van der Waals surface area contributed by atoms with Gasteiger partial charge in [-0.25, -0.2) is 0 Å². The maximum absolute atomic E-state index is 5.87. The predicted molar refractivity (Wildman–Crippen MR) is 67.0 cm³/mol. The van der Waals surface area contributed by atoms with Crippen molar-refractivity contribution in [1.82, 2.24) is 4.98 Å². The average molecular weight is 212 g/mol. The first-order chi connectivity index (χ1) is 7.66. The number of aryl methyl sites for hydroxylation is 1. The number of pyridine rings is 1. The van der Waals surface area contributed by atoms with E-state index < -0.39 is 0 Å². The Kier molecular flexibility index (Phi) is 3.02. The van der Waals surface area contributed by atoms with E-state index in [1.54, 1.807) is 0 Å². The fourth-order valence-corrected chi connectivity index (χ4v) is 1.64. The second-order valence-corrected chi connectivity index (χ2v) is 4.10. The first kappa shape index (κ1) is 10.8. The molecule has 0 bridgehead atoms. The molecule has 1 atom stereocenters. The highest BCUT2D eigenvalue weighted by molar-refractivity contribution is 5.63. The molecule has 1 aromatic heterocycles. The van der Waals surface area contributed by atoms with Gasteiger partial charge in [0.15, 0.2) is 0 Å². The fraction of sp³-hybridized carbons (Fsp3) is 0.214. The molecule has 2 aromatic rings. The van der Waals surface area contributed by atoms with Gasteiger partial charge in [0, 0.05) is 23.5 Å². The minimum atomic E-state index is 0.0679. The Morgan fingerprint density at radius 2 is 1.94 bits per heavy atom. The summed E-state index contributed by atoms with van der Waals surface area (Å²) in [6, 6.07) is 12.5. The third-order valence-electron chi connectivity index (χ3n) is 2.66. The van der Waals surface area contributed by atoms with Crippen LogP contribution in [0.25, 0.3) is 11.1 Å². The van der Waals surface area contributed by atoms with Gasteiger partial charge in [-0.05, 0) is 37.1 Å². The van der Waals surface area contributed by atoms with Crippen molar-refractivity contribution < 1.29 is 0 Å². The molecule has 1 aromatic carbocycles. The molecule has 2 heteroatoms. The summed E-state index contributed by atoms with van der Waals surface area (Å²) >= 11 is 0. The number of aromatic nitrogens is 1. The largest absolute Gasteiger partial charge is 0.324 e. The lowest BCUT2D eigenvalue weighted by atomic mass is 10.0. The SMILES string of the molecule is Cc1ccc(-c2cccc(C(C)N)c2)cn1. The van der Waals surface area contributed by atoms with Crippen LogP contribution in [-0.4, -0.2) is 4.98 Å². The van der Waals surface area contributed by atoms with E-state index in [2.05, 4.69) is 29.2 Å². The number of nitrogens with zero attached hydrogens (tertiary/aromatic N) is 1. The molecule has 0 spiro atoms. The average Bonchev–Trinajstić information content (AvgIpc) is 2.30. The van der Waals surface area contributed by atoms with Gasteiger partial charge in [-0.3, -0.25) is 4.98 Å². The van der Waals surface area contributed by atoms with Crippen LogP contribution in [0.15, 0.2) is 42.6 Å². The lowest BCUT2D eigenvalue weighted by Crippen LogP contribution is -2.04. The molecular formula is C14H16N2. The second-order valence-electron chi connectivity index (χ2n) is 4.10. The van der Waals surface area contributed by atoms with Gasteiger partial charge in [0.2, 0.25) is 0 Å². The summed E-state index contributed by atoms with van der Waals surface area (Å²) in [4.78, 5) is 4.30. The maximum atomic E-state index is 5.87. The molecule has 16 heavy (non-hydrogen) atoms. The number of hydrogen-bond acceptors (Lipinski definition) is 2. The van der Waals surface area contributed by atoms with E-state index >= 15 is 0 Å². The van der Waals surface area contributed by atoms with Crippen LogP contribution in [0.2, 0.25) is 0 Å². The van der Waals surface area contributed by atoms with Gasteiger partial charge in [-0.2, -0.15) is 0 Å². The van der Waals surface area contributed by atoms with E-state index in [4.69, 9.17) is 5.73 Å². The van der Waals surface area contributed by atoms with Gasteiger partial charge in [-0.1, -0.05) is 24.3 Å². The molecule has 2 N–H and O–H groups in total. The highest BCUT2D eigenvalue weighted by atomic mass is 14.7. The normalized spacial score (nSPS) is 12.4. The summed E-state index contributed by atoms with van der Waals surface area (Å²) in [6.45, 7) is 3.98. The summed E-state index contributed by atoms with van der Waals surface area (Å²) in [6.07, 6.45) is 1.90. The maximum Gasteiger partial charge on any atom is 0.0373 e. The zero-order chi connectivity index (χ0) is 11.5. The Hall–Kier alpha value is -1.67. The Morgan fingerprint density at radius 1 is 1.12 bits per heavy atom. The van der Waals surface area contributed by atoms with Gasteiger partial charge >= 0.3 is 0 Å². The molecule has 0 fully saturated rings. The van der Waals surface area contributed by atoms with Crippen LogP contribution in [0.4, 0.5) is 0 Å². The lowest BCUT2D eigenvalue weighted by Gasteiger charge is -2.08. The molecule has 0 amide bonds. The van der Waals surface area contributed by atoms with Crippen molar-refractivity contribution in [2.24, 2.45) is 5.73 Å². The summed E-state index contributed by atoms with van der Waals surface area (Å²) < 4.78 is 0. The number of hydrogen-bond donors (Lipinski definition) is 1. The number of nitrogens with two attached hydrogens (primary N) is 1. The number of rotatable bonds is 2. The minimum absolute atomic E-state index is 0.0679. The second kappa shape index (κ2) is 4.45. The highest BCUT2D eigenvalue weighted by Crippen LogP contribution is 2.21. The monoisotopic (exact) mass is 212 g/mol. The van der Waals surface area contributed by atoms with Crippen molar-refractivity contribution in [2.45, 2.75) is 19.9 Å². The Morgan fingerprint density at radius 3 is 2.56 bits per heavy atom. The van der Waals surface area contributed by atoms with Crippen molar-refractivity contribution in [3.63, 3.8) is 0 Å². The number of benzene rings is 1.